The maximum Gasteiger partial charge on any atom is 0.373 e. The number of carbonyl (C=O) groups is 1. The van der Waals surface area contributed by atoms with Crippen LogP contribution in [0.3, 0.4) is 0 Å². The van der Waals surface area contributed by atoms with Crippen molar-refractivity contribution in [2.24, 2.45) is 0 Å². The van der Waals surface area contributed by atoms with Crippen molar-refractivity contribution in [1.82, 2.24) is 19.8 Å². The summed E-state index contributed by atoms with van der Waals surface area (Å²) in [4.78, 5) is 25.2. The topological polar surface area (TPSA) is 97.7 Å². The summed E-state index contributed by atoms with van der Waals surface area (Å²) in [6, 6.07) is 11.3. The van der Waals surface area contributed by atoms with Crippen LogP contribution >= 0.6 is 0 Å². The van der Waals surface area contributed by atoms with Gasteiger partial charge < -0.3 is 14.9 Å². The van der Waals surface area contributed by atoms with Gasteiger partial charge in [0.05, 0.1) is 25.7 Å². The molecule has 0 radical (unpaired) electrons. The van der Waals surface area contributed by atoms with Crippen LogP contribution in [0, 0.1) is 0 Å². The molecule has 1 aliphatic heterocycles. The average Bonchev–Trinajstić information content (AvgIpc) is 3.17. The largest absolute Gasteiger partial charge is 0.463 e. The van der Waals surface area contributed by atoms with Crippen LogP contribution in [0.5, 0.6) is 0 Å². The summed E-state index contributed by atoms with van der Waals surface area (Å²) in [6.45, 7) is 4.95. The van der Waals surface area contributed by atoms with Crippen molar-refractivity contribution in [2.45, 2.75) is 13.1 Å². The molecule has 0 aliphatic carbocycles. The first-order valence-corrected chi connectivity index (χ1v) is 9.25. The lowest BCUT2D eigenvalue weighted by atomic mass is 10.2. The Labute approximate surface area is 162 Å². The monoisotopic (exact) mass is 381 g/mol. The molecule has 1 fully saturated rings. The number of nitrogens with two attached hydrogens (primary N) is 1. The highest BCUT2D eigenvalue weighted by atomic mass is 16.5. The molecule has 8 nitrogen and oxygen atoms in total. The Balaban J connectivity index is 1.33. The number of hydrogen-bond donors (Lipinski definition) is 1. The summed E-state index contributed by atoms with van der Waals surface area (Å²) >= 11 is 0. The number of para-hydroxylation sites is 1. The number of hydrogen-bond acceptors (Lipinski definition) is 8. The van der Waals surface area contributed by atoms with Crippen molar-refractivity contribution in [3.63, 3.8) is 0 Å². The van der Waals surface area contributed by atoms with Gasteiger partial charge in [-0.25, -0.2) is 14.8 Å². The van der Waals surface area contributed by atoms with Gasteiger partial charge in [-0.05, 0) is 24.3 Å². The lowest BCUT2D eigenvalue weighted by molar-refractivity contribution is 0.0559. The van der Waals surface area contributed by atoms with E-state index in [1.165, 1.54) is 7.11 Å². The molecular formula is C20H23N5O3. The molecule has 0 spiro atoms. The quantitative estimate of drug-likeness (QED) is 0.670. The molecule has 3 aromatic rings. The number of benzene rings is 1. The van der Waals surface area contributed by atoms with Crippen LogP contribution in [0.15, 0.2) is 40.8 Å². The highest BCUT2D eigenvalue weighted by Crippen LogP contribution is 2.18. The molecule has 1 saturated heterocycles. The first kappa shape index (κ1) is 18.4. The number of ether oxygens (including phenoxy) is 1. The summed E-state index contributed by atoms with van der Waals surface area (Å²) in [5, 5.41) is 0.890. The molecule has 4 rings (SSSR count). The van der Waals surface area contributed by atoms with E-state index in [9.17, 15) is 4.79 Å². The van der Waals surface area contributed by atoms with Crippen LogP contribution in [-0.4, -0.2) is 59.0 Å². The predicted octanol–water partition coefficient (Wildman–Crippen LogP) is 1.91. The van der Waals surface area contributed by atoms with Crippen LogP contribution in [-0.2, 0) is 17.8 Å². The fraction of sp³-hybridized carbons (Fsp3) is 0.350. The zero-order chi connectivity index (χ0) is 19.5. The van der Waals surface area contributed by atoms with Gasteiger partial charge in [0.1, 0.15) is 17.4 Å². The first-order chi connectivity index (χ1) is 13.6. The molecule has 0 atom stereocenters. The van der Waals surface area contributed by atoms with Gasteiger partial charge in [-0.2, -0.15) is 0 Å². The summed E-state index contributed by atoms with van der Waals surface area (Å²) in [5.41, 5.74) is 6.96. The van der Waals surface area contributed by atoms with Gasteiger partial charge in [-0.15, -0.1) is 0 Å². The lowest BCUT2D eigenvalue weighted by Crippen LogP contribution is -2.45. The maximum absolute atomic E-state index is 11.5. The van der Waals surface area contributed by atoms with Gasteiger partial charge in [0.2, 0.25) is 5.76 Å². The molecule has 1 aliphatic rings. The zero-order valence-corrected chi connectivity index (χ0v) is 15.8. The Kier molecular flexibility index (Phi) is 5.23. The first-order valence-electron chi connectivity index (χ1n) is 9.25. The van der Waals surface area contributed by atoms with Gasteiger partial charge in [0.25, 0.3) is 0 Å². The number of carbonyl (C=O) groups excluding carboxylic acids is 1. The molecule has 146 valence electrons. The molecule has 0 bridgehead atoms. The Bertz CT molecular complexity index is 979. The third-order valence-electron chi connectivity index (χ3n) is 4.94. The minimum absolute atomic E-state index is 0.238. The van der Waals surface area contributed by atoms with Crippen molar-refractivity contribution in [3.8, 4) is 0 Å². The number of nitrogen functional groups attached to an aromatic ring is 1. The normalized spacial score (nSPS) is 15.8. The molecule has 2 N–H and O–H groups in total. The third kappa shape index (κ3) is 3.97. The van der Waals surface area contributed by atoms with Crippen molar-refractivity contribution in [1.29, 1.82) is 0 Å². The van der Waals surface area contributed by atoms with Gasteiger partial charge in [-0.3, -0.25) is 9.80 Å². The number of nitrogens with zero attached hydrogens (tertiary/aromatic N) is 4. The highest BCUT2D eigenvalue weighted by Gasteiger charge is 2.20. The second-order valence-corrected chi connectivity index (χ2v) is 6.85. The van der Waals surface area contributed by atoms with E-state index in [4.69, 9.17) is 10.2 Å². The van der Waals surface area contributed by atoms with Gasteiger partial charge in [0.15, 0.2) is 0 Å². The number of fused-ring (bicyclic) bond motifs is 1. The summed E-state index contributed by atoms with van der Waals surface area (Å²) < 4.78 is 10.2. The van der Waals surface area contributed by atoms with E-state index < -0.39 is 5.97 Å². The molecule has 0 saturated carbocycles. The van der Waals surface area contributed by atoms with E-state index in [2.05, 4.69) is 24.5 Å². The standard InChI is InChI=1S/C20H23N5O3/c1-27-20(26)17-7-6-14(28-17)12-24-8-10-25(11-9-24)13-18-22-16-5-3-2-4-15(16)19(21)23-18/h2-7H,8-13H2,1H3,(H2,21,22,23). The van der Waals surface area contributed by atoms with E-state index in [1.807, 2.05) is 30.3 Å². The second kappa shape index (κ2) is 7.95. The smallest absolute Gasteiger partial charge is 0.373 e. The van der Waals surface area contributed by atoms with Gasteiger partial charge >= 0.3 is 5.97 Å². The SMILES string of the molecule is COC(=O)c1ccc(CN2CCN(Cc3nc(N)c4ccccc4n3)CC2)o1. The average molecular weight is 381 g/mol. The van der Waals surface area contributed by atoms with Gasteiger partial charge in [0, 0.05) is 31.6 Å². The van der Waals surface area contributed by atoms with E-state index in [0.717, 1.165) is 48.7 Å². The molecule has 8 heteroatoms. The Morgan fingerprint density at radius 3 is 2.54 bits per heavy atom. The minimum atomic E-state index is -0.453. The Morgan fingerprint density at radius 2 is 1.79 bits per heavy atom. The zero-order valence-electron chi connectivity index (χ0n) is 15.8. The van der Waals surface area contributed by atoms with Crippen molar-refractivity contribution in [3.05, 3.63) is 53.7 Å². The number of aromatic nitrogens is 2. The third-order valence-corrected chi connectivity index (χ3v) is 4.94. The van der Waals surface area contributed by atoms with Crippen molar-refractivity contribution >= 4 is 22.7 Å². The van der Waals surface area contributed by atoms with Crippen LogP contribution in [0.2, 0.25) is 0 Å². The van der Waals surface area contributed by atoms with Crippen molar-refractivity contribution in [2.75, 3.05) is 39.0 Å². The maximum atomic E-state index is 11.5. The number of furan rings is 1. The second-order valence-electron chi connectivity index (χ2n) is 6.85. The number of anilines is 1. The molecular weight excluding hydrogens is 358 g/mol. The van der Waals surface area contributed by atoms with E-state index in [-0.39, 0.29) is 5.76 Å². The van der Waals surface area contributed by atoms with Crippen molar-refractivity contribution < 1.29 is 13.9 Å². The molecule has 0 unspecified atom stereocenters. The fourth-order valence-electron chi connectivity index (χ4n) is 3.42. The fourth-order valence-corrected chi connectivity index (χ4v) is 3.42. The number of esters is 1. The molecule has 0 amide bonds. The Hall–Kier alpha value is -2.97. The van der Waals surface area contributed by atoms with Gasteiger partial charge in [-0.1, -0.05) is 12.1 Å². The summed E-state index contributed by atoms with van der Waals surface area (Å²) in [5.74, 6) is 1.82. The minimum Gasteiger partial charge on any atom is -0.463 e. The Morgan fingerprint density at radius 1 is 1.07 bits per heavy atom. The highest BCUT2D eigenvalue weighted by molar-refractivity contribution is 5.87. The molecule has 2 aromatic heterocycles. The lowest BCUT2D eigenvalue weighted by Gasteiger charge is -2.33. The van der Waals surface area contributed by atoms with E-state index in [1.54, 1.807) is 6.07 Å². The van der Waals surface area contributed by atoms with Crippen LogP contribution in [0.25, 0.3) is 10.9 Å². The predicted molar refractivity (Wildman–Crippen MR) is 105 cm³/mol. The van der Waals surface area contributed by atoms with E-state index >= 15 is 0 Å². The van der Waals surface area contributed by atoms with Crippen LogP contribution in [0.4, 0.5) is 5.82 Å². The molecule has 28 heavy (non-hydrogen) atoms. The summed E-state index contributed by atoms with van der Waals surface area (Å²) in [7, 11) is 1.34. The van der Waals surface area contributed by atoms with E-state index in [0.29, 0.717) is 18.9 Å². The summed E-state index contributed by atoms with van der Waals surface area (Å²) in [6.07, 6.45) is 0. The number of methoxy groups -OCH3 is 1. The number of piperazine rings is 1. The van der Waals surface area contributed by atoms with Crippen LogP contribution in [0.1, 0.15) is 22.1 Å². The van der Waals surface area contributed by atoms with Crippen LogP contribution < -0.4 is 5.73 Å². The molecule has 1 aromatic carbocycles. The number of rotatable bonds is 5. The molecule has 3 heterocycles.